The number of rotatable bonds is 2. The van der Waals surface area contributed by atoms with Crippen LogP contribution < -0.4 is 4.90 Å². The molecule has 2 aliphatic heterocycles. The van der Waals surface area contributed by atoms with Crippen LogP contribution in [0.15, 0.2) is 41.1 Å². The molecular formula is C20H20F3N3O5. The summed E-state index contributed by atoms with van der Waals surface area (Å²) in [4.78, 5) is 41.9. The SMILES string of the molecule is Cc1ccc(C(=O)N2CC[C@H]3[C@@H]2CCC(=O)N3c2cccnc2)o1.O=C(O)C(F)(F)F. The number of carbonyl (C=O) groups excluding carboxylic acids is 2. The van der Waals surface area contributed by atoms with E-state index in [2.05, 4.69) is 4.98 Å². The van der Waals surface area contributed by atoms with Gasteiger partial charge in [-0.25, -0.2) is 4.79 Å². The number of hydrogen-bond donors (Lipinski definition) is 1. The lowest BCUT2D eigenvalue weighted by Gasteiger charge is -2.39. The normalized spacial score (nSPS) is 20.7. The van der Waals surface area contributed by atoms with Gasteiger partial charge in [0.15, 0.2) is 5.76 Å². The van der Waals surface area contributed by atoms with E-state index in [1.165, 1.54) is 0 Å². The van der Waals surface area contributed by atoms with E-state index in [0.717, 1.165) is 17.9 Å². The average molecular weight is 439 g/mol. The first-order valence-electron chi connectivity index (χ1n) is 9.49. The lowest BCUT2D eigenvalue weighted by Crippen LogP contribution is -2.53. The first kappa shape index (κ1) is 22.3. The van der Waals surface area contributed by atoms with Crippen LogP contribution in [0.25, 0.3) is 0 Å². The van der Waals surface area contributed by atoms with Gasteiger partial charge in [0.2, 0.25) is 5.91 Å². The third-order valence-electron chi connectivity index (χ3n) is 5.14. The highest BCUT2D eigenvalue weighted by molar-refractivity contribution is 5.96. The molecule has 8 nitrogen and oxygen atoms in total. The van der Waals surface area contributed by atoms with Crippen LogP contribution in [0.4, 0.5) is 18.9 Å². The van der Waals surface area contributed by atoms with Gasteiger partial charge >= 0.3 is 12.1 Å². The van der Waals surface area contributed by atoms with Crippen molar-refractivity contribution >= 4 is 23.5 Å². The minimum atomic E-state index is -5.08. The summed E-state index contributed by atoms with van der Waals surface area (Å²) < 4.78 is 37.2. The number of carboxylic acid groups (broad SMARTS) is 1. The van der Waals surface area contributed by atoms with Crippen molar-refractivity contribution in [2.24, 2.45) is 0 Å². The number of pyridine rings is 1. The van der Waals surface area contributed by atoms with Gasteiger partial charge in [0.1, 0.15) is 5.76 Å². The zero-order valence-electron chi connectivity index (χ0n) is 16.5. The Morgan fingerprint density at radius 3 is 2.45 bits per heavy atom. The van der Waals surface area contributed by atoms with Crippen molar-refractivity contribution in [1.82, 2.24) is 9.88 Å². The highest BCUT2D eigenvalue weighted by atomic mass is 19.4. The summed E-state index contributed by atoms with van der Waals surface area (Å²) in [5.74, 6) is -1.64. The second-order valence-electron chi connectivity index (χ2n) is 7.15. The number of amides is 2. The standard InChI is InChI=1S/C18H19N3O3.C2HF3O2/c1-12-4-6-16(24-12)18(23)20-10-8-15-14(20)5-7-17(22)21(15)13-3-2-9-19-11-13;3-2(4,5)1(6)7/h2-4,6,9,11,14-15H,5,7-8,10H2,1H3;(H,6,7)/t14-,15-;/m0./s1. The van der Waals surface area contributed by atoms with Crippen molar-refractivity contribution in [1.29, 1.82) is 0 Å². The van der Waals surface area contributed by atoms with Gasteiger partial charge in [-0.2, -0.15) is 13.2 Å². The van der Waals surface area contributed by atoms with Crippen LogP contribution in [-0.2, 0) is 9.59 Å². The van der Waals surface area contributed by atoms with Crippen LogP contribution in [0.3, 0.4) is 0 Å². The molecule has 1 N–H and O–H groups in total. The highest BCUT2D eigenvalue weighted by Crippen LogP contribution is 2.35. The Balaban J connectivity index is 0.000000339. The topological polar surface area (TPSA) is 104 Å². The molecule has 2 aliphatic rings. The quantitative estimate of drug-likeness (QED) is 0.772. The molecule has 166 valence electrons. The molecule has 2 aromatic rings. The third kappa shape index (κ3) is 4.86. The van der Waals surface area contributed by atoms with Crippen molar-refractivity contribution < 1.29 is 37.1 Å². The average Bonchev–Trinajstić information content (AvgIpc) is 3.34. The number of nitrogens with zero attached hydrogens (tertiary/aromatic N) is 3. The Morgan fingerprint density at radius 1 is 1.19 bits per heavy atom. The number of aromatic nitrogens is 1. The van der Waals surface area contributed by atoms with Crippen LogP contribution in [0.5, 0.6) is 0 Å². The lowest BCUT2D eigenvalue weighted by atomic mass is 9.95. The lowest BCUT2D eigenvalue weighted by molar-refractivity contribution is -0.192. The fourth-order valence-corrected chi connectivity index (χ4v) is 3.84. The maximum Gasteiger partial charge on any atom is 0.490 e. The van der Waals surface area contributed by atoms with E-state index < -0.39 is 12.1 Å². The maximum absolute atomic E-state index is 12.8. The van der Waals surface area contributed by atoms with Gasteiger partial charge in [-0.05, 0) is 44.0 Å². The largest absolute Gasteiger partial charge is 0.490 e. The number of alkyl halides is 3. The zero-order valence-corrected chi connectivity index (χ0v) is 16.5. The number of anilines is 1. The second kappa shape index (κ2) is 8.78. The molecule has 0 aliphatic carbocycles. The van der Waals surface area contributed by atoms with Gasteiger partial charge in [-0.3, -0.25) is 14.6 Å². The van der Waals surface area contributed by atoms with Gasteiger partial charge in [0.25, 0.3) is 5.91 Å². The van der Waals surface area contributed by atoms with E-state index >= 15 is 0 Å². The number of fused-ring (bicyclic) bond motifs is 1. The fraction of sp³-hybridized carbons (Fsp3) is 0.400. The fourth-order valence-electron chi connectivity index (χ4n) is 3.84. The van der Waals surface area contributed by atoms with Gasteiger partial charge < -0.3 is 19.3 Å². The van der Waals surface area contributed by atoms with Crippen molar-refractivity contribution in [2.75, 3.05) is 11.4 Å². The van der Waals surface area contributed by atoms with Gasteiger partial charge in [-0.15, -0.1) is 0 Å². The molecule has 2 aromatic heterocycles. The van der Waals surface area contributed by atoms with E-state index in [0.29, 0.717) is 25.1 Å². The molecule has 4 rings (SSSR count). The molecule has 0 spiro atoms. The summed E-state index contributed by atoms with van der Waals surface area (Å²) in [7, 11) is 0. The summed E-state index contributed by atoms with van der Waals surface area (Å²) in [5, 5.41) is 7.12. The number of aliphatic carboxylic acids is 1. The Hall–Kier alpha value is -3.37. The molecule has 2 fully saturated rings. The van der Waals surface area contributed by atoms with Gasteiger partial charge in [-0.1, -0.05) is 0 Å². The number of likely N-dealkylation sites (tertiary alicyclic amines) is 1. The van der Waals surface area contributed by atoms with E-state index in [4.69, 9.17) is 14.3 Å². The highest BCUT2D eigenvalue weighted by Gasteiger charge is 2.46. The van der Waals surface area contributed by atoms with Crippen molar-refractivity contribution in [3.05, 3.63) is 48.2 Å². The molecule has 0 saturated carbocycles. The van der Waals surface area contributed by atoms with Gasteiger partial charge in [0, 0.05) is 19.2 Å². The predicted octanol–water partition coefficient (Wildman–Crippen LogP) is 3.03. The Morgan fingerprint density at radius 2 is 1.90 bits per heavy atom. The number of carbonyl (C=O) groups is 3. The van der Waals surface area contributed by atoms with E-state index in [1.54, 1.807) is 24.5 Å². The molecule has 0 unspecified atom stereocenters. The number of halogens is 3. The van der Waals surface area contributed by atoms with Crippen LogP contribution in [0, 0.1) is 6.92 Å². The monoisotopic (exact) mass is 439 g/mol. The predicted molar refractivity (Wildman–Crippen MR) is 101 cm³/mol. The van der Waals surface area contributed by atoms with Crippen molar-refractivity contribution in [3.8, 4) is 0 Å². The summed E-state index contributed by atoms with van der Waals surface area (Å²) in [6, 6.07) is 7.28. The molecule has 0 bridgehead atoms. The molecule has 2 atom stereocenters. The maximum atomic E-state index is 12.8. The summed E-state index contributed by atoms with van der Waals surface area (Å²) in [6.45, 7) is 2.46. The molecule has 2 saturated heterocycles. The summed E-state index contributed by atoms with van der Waals surface area (Å²) in [5.41, 5.74) is 0.806. The van der Waals surface area contributed by atoms with E-state index in [-0.39, 0.29) is 23.9 Å². The number of hydrogen-bond acceptors (Lipinski definition) is 5. The summed E-state index contributed by atoms with van der Waals surface area (Å²) in [6.07, 6.45) is 0.235. The Kier molecular flexibility index (Phi) is 6.32. The number of piperidine rings is 1. The van der Waals surface area contributed by atoms with E-state index in [9.17, 15) is 22.8 Å². The minimum Gasteiger partial charge on any atom is -0.475 e. The molecule has 11 heteroatoms. The number of carboxylic acids is 1. The Bertz CT molecular complexity index is 960. The zero-order chi connectivity index (χ0) is 22.8. The second-order valence-corrected chi connectivity index (χ2v) is 7.15. The third-order valence-corrected chi connectivity index (χ3v) is 5.14. The Labute approximate surface area is 175 Å². The molecule has 31 heavy (non-hydrogen) atoms. The smallest absolute Gasteiger partial charge is 0.475 e. The van der Waals surface area contributed by atoms with Crippen LogP contribution in [0.2, 0.25) is 0 Å². The number of aryl methyl sites for hydroxylation is 1. The van der Waals surface area contributed by atoms with Crippen molar-refractivity contribution in [3.63, 3.8) is 0 Å². The molecule has 4 heterocycles. The van der Waals surface area contributed by atoms with Crippen molar-refractivity contribution in [2.45, 2.75) is 44.4 Å². The minimum absolute atomic E-state index is 0.00968. The molecular weight excluding hydrogens is 419 g/mol. The van der Waals surface area contributed by atoms with E-state index in [1.807, 2.05) is 28.9 Å². The molecule has 0 radical (unpaired) electrons. The number of furan rings is 1. The first-order valence-corrected chi connectivity index (χ1v) is 9.49. The molecule has 2 amide bonds. The van der Waals surface area contributed by atoms with Crippen LogP contribution in [0.1, 0.15) is 35.6 Å². The van der Waals surface area contributed by atoms with Crippen LogP contribution in [-0.4, -0.2) is 57.6 Å². The van der Waals surface area contributed by atoms with Crippen LogP contribution >= 0.6 is 0 Å². The van der Waals surface area contributed by atoms with Gasteiger partial charge in [0.05, 0.1) is 24.0 Å². The molecule has 0 aromatic carbocycles. The summed E-state index contributed by atoms with van der Waals surface area (Å²) >= 11 is 0. The first-order chi connectivity index (χ1) is 14.6.